The molecule has 0 aliphatic heterocycles. The molecule has 3 rings (SSSR count). The smallest absolute Gasteiger partial charge is 0.305 e. The van der Waals surface area contributed by atoms with Crippen LogP contribution in [0.15, 0.2) is 4.52 Å². The van der Waals surface area contributed by atoms with Crippen LogP contribution >= 0.6 is 0 Å². The van der Waals surface area contributed by atoms with Crippen LogP contribution in [0.25, 0.3) is 0 Å². The van der Waals surface area contributed by atoms with Crippen molar-refractivity contribution in [2.75, 3.05) is 0 Å². The number of aromatic nitrogens is 2. The molecule has 0 radical (unpaired) electrons. The topological polar surface area (TPSA) is 105 Å². The molecule has 2 saturated carbocycles. The van der Waals surface area contributed by atoms with Crippen molar-refractivity contribution < 1.29 is 19.2 Å². The third-order valence-electron chi connectivity index (χ3n) is 4.68. The lowest BCUT2D eigenvalue weighted by Crippen LogP contribution is -2.47. The summed E-state index contributed by atoms with van der Waals surface area (Å²) in [5.41, 5.74) is -0.549. The summed E-state index contributed by atoms with van der Waals surface area (Å²) in [6, 6.07) is 0. The van der Waals surface area contributed by atoms with Crippen LogP contribution in [0.2, 0.25) is 0 Å². The minimum absolute atomic E-state index is 0.00709. The van der Waals surface area contributed by atoms with E-state index in [0.717, 1.165) is 44.3 Å². The van der Waals surface area contributed by atoms with E-state index in [9.17, 15) is 9.59 Å². The van der Waals surface area contributed by atoms with E-state index < -0.39 is 11.5 Å². The second-order valence-corrected chi connectivity index (χ2v) is 6.78. The van der Waals surface area contributed by atoms with Crippen molar-refractivity contribution >= 4 is 11.9 Å². The van der Waals surface area contributed by atoms with Crippen molar-refractivity contribution in [1.82, 2.24) is 15.5 Å². The molecule has 2 N–H and O–H groups in total. The Balaban J connectivity index is 1.43. The zero-order chi connectivity index (χ0) is 16.3. The van der Waals surface area contributed by atoms with Crippen LogP contribution in [-0.2, 0) is 16.0 Å². The first-order chi connectivity index (χ1) is 11.1. The standard InChI is InChI=1S/C16H23N3O4/c20-12(18-16(10-14(21)22)8-1-2-9-16)4-3-5-13-17-15(19-23-13)11-6-7-11/h11H,1-10H2,(H,18,20)(H,21,22). The summed E-state index contributed by atoms with van der Waals surface area (Å²) < 4.78 is 5.18. The Kier molecular flexibility index (Phi) is 4.63. The maximum Gasteiger partial charge on any atom is 0.305 e. The van der Waals surface area contributed by atoms with Crippen LogP contribution in [0.4, 0.5) is 0 Å². The molecular weight excluding hydrogens is 298 g/mol. The van der Waals surface area contributed by atoms with Gasteiger partial charge in [-0.3, -0.25) is 9.59 Å². The van der Waals surface area contributed by atoms with Gasteiger partial charge < -0.3 is 14.9 Å². The highest BCUT2D eigenvalue weighted by atomic mass is 16.5. The van der Waals surface area contributed by atoms with Gasteiger partial charge >= 0.3 is 5.97 Å². The molecule has 126 valence electrons. The number of carboxylic acids is 1. The van der Waals surface area contributed by atoms with Crippen LogP contribution in [-0.4, -0.2) is 32.7 Å². The fourth-order valence-corrected chi connectivity index (χ4v) is 3.32. The quantitative estimate of drug-likeness (QED) is 0.760. The van der Waals surface area contributed by atoms with Crippen LogP contribution in [0.5, 0.6) is 0 Å². The van der Waals surface area contributed by atoms with Gasteiger partial charge in [-0.2, -0.15) is 4.98 Å². The van der Waals surface area contributed by atoms with Crippen molar-refractivity contribution in [1.29, 1.82) is 0 Å². The zero-order valence-corrected chi connectivity index (χ0v) is 13.2. The number of carbonyl (C=O) groups is 2. The lowest BCUT2D eigenvalue weighted by molar-refractivity contribution is -0.139. The summed E-state index contributed by atoms with van der Waals surface area (Å²) in [5, 5.41) is 16.0. The van der Waals surface area contributed by atoms with Crippen molar-refractivity contribution in [2.24, 2.45) is 0 Å². The van der Waals surface area contributed by atoms with E-state index in [1.165, 1.54) is 0 Å². The lowest BCUT2D eigenvalue weighted by Gasteiger charge is -2.28. The number of nitrogens with zero attached hydrogens (tertiary/aromatic N) is 2. The van der Waals surface area contributed by atoms with E-state index in [0.29, 0.717) is 31.1 Å². The zero-order valence-electron chi connectivity index (χ0n) is 13.2. The second-order valence-electron chi connectivity index (χ2n) is 6.78. The average Bonchev–Trinajstić information content (AvgIpc) is 3.06. The summed E-state index contributed by atoms with van der Waals surface area (Å²) in [6.07, 6.45) is 7.27. The molecule has 1 aromatic rings. The minimum atomic E-state index is -0.856. The maximum atomic E-state index is 12.1. The number of hydrogen-bond acceptors (Lipinski definition) is 5. The lowest BCUT2D eigenvalue weighted by atomic mass is 9.93. The molecule has 1 aromatic heterocycles. The van der Waals surface area contributed by atoms with Gasteiger partial charge in [0.25, 0.3) is 0 Å². The Bertz CT molecular complexity index is 574. The minimum Gasteiger partial charge on any atom is -0.481 e. The molecule has 0 aromatic carbocycles. The van der Waals surface area contributed by atoms with Crippen molar-refractivity contribution in [3.8, 4) is 0 Å². The number of amides is 1. The fraction of sp³-hybridized carbons (Fsp3) is 0.750. The SMILES string of the molecule is O=C(O)CC1(NC(=O)CCCc2nc(C3CC3)no2)CCCC1. The highest BCUT2D eigenvalue weighted by Crippen LogP contribution is 2.38. The second kappa shape index (κ2) is 6.68. The molecular formula is C16H23N3O4. The van der Waals surface area contributed by atoms with E-state index in [1.807, 2.05) is 0 Å². The van der Waals surface area contributed by atoms with Crippen LogP contribution in [0.3, 0.4) is 0 Å². The van der Waals surface area contributed by atoms with Crippen LogP contribution in [0, 0.1) is 0 Å². The third kappa shape index (κ3) is 4.30. The summed E-state index contributed by atoms with van der Waals surface area (Å²) in [7, 11) is 0. The molecule has 0 unspecified atom stereocenters. The van der Waals surface area contributed by atoms with E-state index in [2.05, 4.69) is 15.5 Å². The number of aryl methyl sites for hydroxylation is 1. The average molecular weight is 321 g/mol. The number of rotatable bonds is 8. The van der Waals surface area contributed by atoms with Crippen molar-refractivity contribution in [3.63, 3.8) is 0 Å². The number of hydrogen-bond donors (Lipinski definition) is 2. The number of aliphatic carboxylic acids is 1. The van der Waals surface area contributed by atoms with Gasteiger partial charge in [0.05, 0.1) is 12.0 Å². The highest BCUT2D eigenvalue weighted by molar-refractivity contribution is 5.78. The molecule has 0 bridgehead atoms. The maximum absolute atomic E-state index is 12.1. The molecule has 0 spiro atoms. The van der Waals surface area contributed by atoms with Gasteiger partial charge in [0.2, 0.25) is 11.8 Å². The molecule has 2 aliphatic rings. The van der Waals surface area contributed by atoms with E-state index >= 15 is 0 Å². The van der Waals surface area contributed by atoms with Gasteiger partial charge in [0, 0.05) is 18.8 Å². The number of nitrogens with one attached hydrogen (secondary N) is 1. The summed E-state index contributed by atoms with van der Waals surface area (Å²) >= 11 is 0. The molecule has 1 amide bonds. The van der Waals surface area contributed by atoms with Gasteiger partial charge in [0.15, 0.2) is 5.82 Å². The van der Waals surface area contributed by atoms with E-state index in [-0.39, 0.29) is 12.3 Å². The molecule has 7 heteroatoms. The largest absolute Gasteiger partial charge is 0.481 e. The molecule has 0 saturated heterocycles. The first-order valence-corrected chi connectivity index (χ1v) is 8.42. The molecule has 23 heavy (non-hydrogen) atoms. The Morgan fingerprint density at radius 1 is 1.30 bits per heavy atom. The van der Waals surface area contributed by atoms with Crippen LogP contribution < -0.4 is 5.32 Å². The predicted octanol–water partition coefficient (Wildman–Crippen LogP) is 2.17. The predicted molar refractivity (Wildman–Crippen MR) is 80.8 cm³/mol. The Morgan fingerprint density at radius 2 is 2.04 bits per heavy atom. The fourth-order valence-electron chi connectivity index (χ4n) is 3.32. The summed E-state index contributed by atoms with van der Waals surface area (Å²) in [6.45, 7) is 0. The molecule has 2 aliphatic carbocycles. The highest BCUT2D eigenvalue weighted by Gasteiger charge is 2.37. The Hall–Kier alpha value is -1.92. The van der Waals surface area contributed by atoms with Gasteiger partial charge in [-0.25, -0.2) is 0 Å². The molecule has 7 nitrogen and oxygen atoms in total. The first kappa shape index (κ1) is 16.0. The normalized spacial score (nSPS) is 19.7. The van der Waals surface area contributed by atoms with Crippen molar-refractivity contribution in [2.45, 2.75) is 75.7 Å². The van der Waals surface area contributed by atoms with Crippen molar-refractivity contribution in [3.05, 3.63) is 11.7 Å². The summed E-state index contributed by atoms with van der Waals surface area (Å²) in [4.78, 5) is 27.5. The number of carboxylic acid groups (broad SMARTS) is 1. The van der Waals surface area contributed by atoms with Gasteiger partial charge in [-0.1, -0.05) is 18.0 Å². The van der Waals surface area contributed by atoms with Crippen LogP contribution in [0.1, 0.15) is 75.4 Å². The van der Waals surface area contributed by atoms with Gasteiger partial charge in [0.1, 0.15) is 0 Å². The van der Waals surface area contributed by atoms with E-state index in [4.69, 9.17) is 9.63 Å². The van der Waals surface area contributed by atoms with Gasteiger partial charge in [-0.15, -0.1) is 0 Å². The molecule has 1 heterocycles. The Labute approximate surface area is 134 Å². The third-order valence-corrected chi connectivity index (χ3v) is 4.68. The number of carbonyl (C=O) groups excluding carboxylic acids is 1. The van der Waals surface area contributed by atoms with Gasteiger partial charge in [-0.05, 0) is 32.1 Å². The monoisotopic (exact) mass is 321 g/mol. The summed E-state index contributed by atoms with van der Waals surface area (Å²) in [5.74, 6) is 0.895. The molecule has 0 atom stereocenters. The molecule has 2 fully saturated rings. The van der Waals surface area contributed by atoms with E-state index in [1.54, 1.807) is 0 Å². The first-order valence-electron chi connectivity index (χ1n) is 8.42. The Morgan fingerprint density at radius 3 is 2.70 bits per heavy atom.